The van der Waals surface area contributed by atoms with Gasteiger partial charge in [-0.2, -0.15) is 0 Å². The van der Waals surface area contributed by atoms with Crippen molar-refractivity contribution >= 4 is 10.0 Å². The first-order chi connectivity index (χ1) is 9.38. The van der Waals surface area contributed by atoms with Crippen molar-refractivity contribution in [1.82, 2.24) is 9.62 Å². The van der Waals surface area contributed by atoms with Crippen LogP contribution in [0.4, 0.5) is 0 Å². The van der Waals surface area contributed by atoms with Crippen molar-refractivity contribution in [2.24, 2.45) is 0 Å². The summed E-state index contributed by atoms with van der Waals surface area (Å²) in [5.41, 5.74) is 1.95. The van der Waals surface area contributed by atoms with Crippen LogP contribution in [-0.4, -0.2) is 39.0 Å². The van der Waals surface area contributed by atoms with Gasteiger partial charge < -0.3 is 0 Å². The van der Waals surface area contributed by atoms with Crippen LogP contribution in [0.2, 0.25) is 0 Å². The smallest absolute Gasteiger partial charge is 0.215 e. The van der Waals surface area contributed by atoms with Crippen LogP contribution in [0.15, 0.2) is 24.3 Å². The number of benzene rings is 1. The molecule has 20 heavy (non-hydrogen) atoms. The molecule has 0 aliphatic heterocycles. The molecule has 0 saturated heterocycles. The van der Waals surface area contributed by atoms with Crippen molar-refractivity contribution in [1.29, 1.82) is 0 Å². The van der Waals surface area contributed by atoms with E-state index in [1.54, 1.807) is 0 Å². The Morgan fingerprint density at radius 3 is 2.20 bits per heavy atom. The molecule has 0 spiro atoms. The maximum Gasteiger partial charge on any atom is 0.215 e. The second-order valence-electron chi connectivity index (χ2n) is 5.16. The van der Waals surface area contributed by atoms with E-state index in [1.165, 1.54) is 0 Å². The maximum atomic E-state index is 12.1. The molecular weight excluding hydrogens is 272 g/mol. The largest absolute Gasteiger partial charge is 0.300 e. The standard InChI is InChI=1S/C15H26N2O2S/c1-5-17(6-2)14(4)11-16-20(18,19)12-15-9-7-13(3)8-10-15/h7-10,14,16H,5-6,11-12H2,1-4H3. The van der Waals surface area contributed by atoms with Crippen molar-refractivity contribution in [3.63, 3.8) is 0 Å². The molecule has 1 unspecified atom stereocenters. The van der Waals surface area contributed by atoms with Crippen LogP contribution < -0.4 is 4.72 Å². The van der Waals surface area contributed by atoms with E-state index in [9.17, 15) is 8.42 Å². The van der Waals surface area contributed by atoms with Crippen LogP contribution in [0.3, 0.4) is 0 Å². The van der Waals surface area contributed by atoms with Crippen LogP contribution in [0, 0.1) is 6.92 Å². The van der Waals surface area contributed by atoms with E-state index in [1.807, 2.05) is 38.1 Å². The zero-order valence-corrected chi connectivity index (χ0v) is 13.7. The molecule has 114 valence electrons. The Balaban J connectivity index is 2.55. The summed E-state index contributed by atoms with van der Waals surface area (Å²) in [6.07, 6.45) is 0. The van der Waals surface area contributed by atoms with Crippen LogP contribution in [-0.2, 0) is 15.8 Å². The first kappa shape index (κ1) is 17.1. The Hall–Kier alpha value is -0.910. The topological polar surface area (TPSA) is 49.4 Å². The number of nitrogens with zero attached hydrogens (tertiary/aromatic N) is 1. The van der Waals surface area contributed by atoms with E-state index in [-0.39, 0.29) is 11.8 Å². The van der Waals surface area contributed by atoms with E-state index in [4.69, 9.17) is 0 Å². The van der Waals surface area contributed by atoms with Crippen molar-refractivity contribution < 1.29 is 8.42 Å². The second-order valence-corrected chi connectivity index (χ2v) is 6.97. The van der Waals surface area contributed by atoms with Crippen molar-refractivity contribution in [3.8, 4) is 0 Å². The summed E-state index contributed by atoms with van der Waals surface area (Å²) >= 11 is 0. The lowest BCUT2D eigenvalue weighted by atomic mass is 10.2. The molecular formula is C15H26N2O2S. The Labute approximate surface area is 123 Å². The fourth-order valence-corrected chi connectivity index (χ4v) is 3.41. The third kappa shape index (κ3) is 5.61. The molecule has 0 heterocycles. The van der Waals surface area contributed by atoms with Crippen LogP contribution in [0.1, 0.15) is 31.9 Å². The summed E-state index contributed by atoms with van der Waals surface area (Å²) in [5.74, 6) is 0.0399. The van der Waals surface area contributed by atoms with Gasteiger partial charge in [-0.25, -0.2) is 13.1 Å². The molecule has 1 aromatic carbocycles. The molecule has 0 aromatic heterocycles. The van der Waals surface area contributed by atoms with Gasteiger partial charge in [0.25, 0.3) is 0 Å². The molecule has 0 fully saturated rings. The number of rotatable bonds is 8. The van der Waals surface area contributed by atoms with Gasteiger partial charge in [-0.1, -0.05) is 43.7 Å². The number of sulfonamides is 1. The van der Waals surface area contributed by atoms with Gasteiger partial charge in [0.1, 0.15) is 0 Å². The molecule has 0 saturated carbocycles. The van der Waals surface area contributed by atoms with Gasteiger partial charge in [0, 0.05) is 12.6 Å². The third-order valence-electron chi connectivity index (χ3n) is 3.51. The fourth-order valence-electron chi connectivity index (χ4n) is 2.18. The number of hydrogen-bond acceptors (Lipinski definition) is 3. The number of likely N-dealkylation sites (N-methyl/N-ethyl adjacent to an activating group) is 1. The maximum absolute atomic E-state index is 12.1. The number of hydrogen-bond donors (Lipinski definition) is 1. The van der Waals surface area contributed by atoms with Crippen molar-refractivity contribution in [2.45, 2.75) is 39.5 Å². The van der Waals surface area contributed by atoms with Gasteiger partial charge in [-0.15, -0.1) is 0 Å². The first-order valence-electron chi connectivity index (χ1n) is 7.15. The van der Waals surface area contributed by atoms with Crippen molar-refractivity contribution in [3.05, 3.63) is 35.4 Å². The molecule has 0 aliphatic carbocycles. The van der Waals surface area contributed by atoms with Gasteiger partial charge in [-0.3, -0.25) is 4.90 Å². The third-order valence-corrected chi connectivity index (χ3v) is 4.83. The molecule has 0 aliphatic rings. The van der Waals surface area contributed by atoms with Gasteiger partial charge in [-0.05, 0) is 32.5 Å². The normalized spacial score (nSPS) is 13.7. The van der Waals surface area contributed by atoms with Gasteiger partial charge in [0.05, 0.1) is 5.75 Å². The molecule has 0 radical (unpaired) electrons. The summed E-state index contributed by atoms with van der Waals surface area (Å²) in [6, 6.07) is 7.80. The summed E-state index contributed by atoms with van der Waals surface area (Å²) in [6.45, 7) is 10.5. The van der Waals surface area contributed by atoms with E-state index >= 15 is 0 Å². The summed E-state index contributed by atoms with van der Waals surface area (Å²) < 4.78 is 26.8. The van der Waals surface area contributed by atoms with E-state index in [0.29, 0.717) is 6.54 Å². The predicted molar refractivity (Wildman–Crippen MR) is 84.2 cm³/mol. The van der Waals surface area contributed by atoms with Gasteiger partial charge in [0.15, 0.2) is 0 Å². The monoisotopic (exact) mass is 298 g/mol. The highest BCUT2D eigenvalue weighted by atomic mass is 32.2. The van der Waals surface area contributed by atoms with Crippen LogP contribution in [0.25, 0.3) is 0 Å². The minimum absolute atomic E-state index is 0.0399. The zero-order chi connectivity index (χ0) is 15.2. The highest BCUT2D eigenvalue weighted by Crippen LogP contribution is 2.07. The lowest BCUT2D eigenvalue weighted by Crippen LogP contribution is -2.42. The minimum Gasteiger partial charge on any atom is -0.300 e. The van der Waals surface area contributed by atoms with Crippen LogP contribution >= 0.6 is 0 Å². The Morgan fingerprint density at radius 2 is 1.70 bits per heavy atom. The van der Waals surface area contributed by atoms with Gasteiger partial charge >= 0.3 is 0 Å². The Morgan fingerprint density at radius 1 is 1.15 bits per heavy atom. The predicted octanol–water partition coefficient (Wildman–Crippen LogP) is 2.14. The second kappa shape index (κ2) is 7.76. The zero-order valence-electron chi connectivity index (χ0n) is 12.9. The average Bonchev–Trinajstić information content (AvgIpc) is 2.40. The molecule has 0 amide bonds. The Bertz CT molecular complexity index is 493. The summed E-state index contributed by atoms with van der Waals surface area (Å²) in [7, 11) is -3.27. The van der Waals surface area contributed by atoms with E-state index in [2.05, 4.69) is 23.5 Å². The summed E-state index contributed by atoms with van der Waals surface area (Å²) in [5, 5.41) is 0. The lowest BCUT2D eigenvalue weighted by molar-refractivity contribution is 0.232. The molecule has 4 nitrogen and oxygen atoms in total. The molecule has 1 rings (SSSR count). The highest BCUT2D eigenvalue weighted by Gasteiger charge is 2.15. The minimum atomic E-state index is -3.27. The van der Waals surface area contributed by atoms with Gasteiger partial charge in [0.2, 0.25) is 10.0 Å². The molecule has 1 atom stereocenters. The van der Waals surface area contributed by atoms with E-state index in [0.717, 1.165) is 24.2 Å². The van der Waals surface area contributed by atoms with E-state index < -0.39 is 10.0 Å². The van der Waals surface area contributed by atoms with Crippen LogP contribution in [0.5, 0.6) is 0 Å². The average molecular weight is 298 g/mol. The number of nitrogens with one attached hydrogen (secondary N) is 1. The van der Waals surface area contributed by atoms with Crippen molar-refractivity contribution in [2.75, 3.05) is 19.6 Å². The molecule has 1 N–H and O–H groups in total. The highest BCUT2D eigenvalue weighted by molar-refractivity contribution is 7.88. The Kier molecular flexibility index (Phi) is 6.65. The molecule has 0 bridgehead atoms. The SMILES string of the molecule is CCN(CC)C(C)CNS(=O)(=O)Cc1ccc(C)cc1. The quantitative estimate of drug-likeness (QED) is 0.800. The molecule has 5 heteroatoms. The number of aryl methyl sites for hydroxylation is 1. The molecule has 1 aromatic rings. The lowest BCUT2D eigenvalue weighted by Gasteiger charge is -2.26. The fraction of sp³-hybridized carbons (Fsp3) is 0.600. The summed E-state index contributed by atoms with van der Waals surface area (Å²) in [4.78, 5) is 2.23. The first-order valence-corrected chi connectivity index (χ1v) is 8.80.